The molecule has 0 unspecified atom stereocenters. The number of carboxylic acid groups (broad SMARTS) is 1. The number of halogens is 2. The van der Waals surface area contributed by atoms with Crippen LogP contribution in [0.1, 0.15) is 54.2 Å². The number of nitrogens with zero attached hydrogens (tertiary/aromatic N) is 4. The fourth-order valence-electron chi connectivity index (χ4n) is 7.36. The molecule has 2 aromatic heterocycles. The lowest BCUT2D eigenvalue weighted by Gasteiger charge is -2.20. The van der Waals surface area contributed by atoms with Crippen molar-refractivity contribution in [2.75, 3.05) is 33.9 Å². The van der Waals surface area contributed by atoms with Crippen LogP contribution in [0.3, 0.4) is 0 Å². The van der Waals surface area contributed by atoms with Gasteiger partial charge < -0.3 is 30.0 Å². The quantitative estimate of drug-likeness (QED) is 0.151. The fourth-order valence-corrected chi connectivity index (χ4v) is 7.90. The second kappa shape index (κ2) is 15.6. The highest BCUT2D eigenvalue weighted by atomic mass is 35.5. The number of nitrogens with one attached hydrogen (secondary N) is 2. The topological polar surface area (TPSA) is 148 Å². The lowest BCUT2D eigenvalue weighted by molar-refractivity contribution is -0.141. The van der Waals surface area contributed by atoms with Crippen LogP contribution in [0.15, 0.2) is 48.7 Å². The number of pyridine rings is 1. The van der Waals surface area contributed by atoms with Gasteiger partial charge in [0.05, 0.1) is 37.1 Å². The lowest BCUT2D eigenvalue weighted by atomic mass is 9.95. The summed E-state index contributed by atoms with van der Waals surface area (Å²) in [6, 6.07) is 13.9. The zero-order valence-corrected chi connectivity index (χ0v) is 30.5. The molecule has 4 heterocycles. The summed E-state index contributed by atoms with van der Waals surface area (Å²) in [5, 5.41) is 16.6. The number of aliphatic carboxylic acids is 1. The van der Waals surface area contributed by atoms with Gasteiger partial charge in [0.25, 0.3) is 0 Å². The van der Waals surface area contributed by atoms with E-state index in [2.05, 4.69) is 37.6 Å². The second-order valence-electron chi connectivity index (χ2n) is 13.3. The number of amides is 1. The molecule has 52 heavy (non-hydrogen) atoms. The smallest absolute Gasteiger partial charge is 0.307 e. The normalized spacial score (nSPS) is 19.8. The number of methoxy groups -OCH3 is 2. The first-order valence-corrected chi connectivity index (χ1v) is 18.1. The number of hydrogen-bond donors (Lipinski definition) is 3. The molecular weight excluding hydrogens is 707 g/mol. The number of aromatic nitrogens is 3. The number of benzene rings is 2. The summed E-state index contributed by atoms with van der Waals surface area (Å²) in [7, 11) is 3.12. The van der Waals surface area contributed by atoms with Gasteiger partial charge in [-0.05, 0) is 55.0 Å². The molecule has 2 fully saturated rings. The van der Waals surface area contributed by atoms with Crippen LogP contribution in [0.25, 0.3) is 22.4 Å². The number of hydrogen-bond acceptors (Lipinski definition) is 10. The van der Waals surface area contributed by atoms with Crippen molar-refractivity contribution in [3.63, 3.8) is 0 Å². The molecule has 3 atom stereocenters. The highest BCUT2D eigenvalue weighted by Crippen LogP contribution is 2.44. The molecule has 2 saturated heterocycles. The van der Waals surface area contributed by atoms with Crippen molar-refractivity contribution in [1.29, 1.82) is 0 Å². The Morgan fingerprint density at radius 1 is 1.00 bits per heavy atom. The molecule has 0 spiro atoms. The standard InChI is InChI=1S/C38H40Cl2N6O6/c1-50-35-22(20-46-14-13-21(19-46)38(48)49)15-29(39)36(45-35)52-32-11-10-25-24(5-3-6-26(25)32)27-7-4-8-28(34(27)40)30-18-42-31(37(44-30)51-2)17-41-16-23-9-12-33(47)43-23/h3-8,15,18,21,23,32,41H,9-14,16-17,19-20H2,1-2H3,(H,43,47)(H,48,49)/t21-,23+,32+/m1/s1. The van der Waals surface area contributed by atoms with E-state index < -0.39 is 5.97 Å². The molecule has 2 aliphatic heterocycles. The Morgan fingerprint density at radius 2 is 1.79 bits per heavy atom. The van der Waals surface area contributed by atoms with Gasteiger partial charge in [-0.1, -0.05) is 59.6 Å². The van der Waals surface area contributed by atoms with E-state index in [0.717, 1.165) is 52.6 Å². The Balaban J connectivity index is 1.08. The zero-order chi connectivity index (χ0) is 36.4. The molecule has 1 amide bonds. The maximum atomic E-state index is 11.5. The van der Waals surface area contributed by atoms with E-state index in [1.54, 1.807) is 26.5 Å². The van der Waals surface area contributed by atoms with Crippen LogP contribution in [0, 0.1) is 5.92 Å². The van der Waals surface area contributed by atoms with E-state index in [4.69, 9.17) is 42.4 Å². The molecule has 0 bridgehead atoms. The summed E-state index contributed by atoms with van der Waals surface area (Å²) in [6.45, 7) is 2.72. The van der Waals surface area contributed by atoms with E-state index in [1.807, 2.05) is 24.3 Å². The Labute approximate surface area is 311 Å². The number of likely N-dealkylation sites (tertiary alicyclic amines) is 1. The van der Waals surface area contributed by atoms with Crippen molar-refractivity contribution >= 4 is 35.1 Å². The highest BCUT2D eigenvalue weighted by molar-refractivity contribution is 6.36. The van der Waals surface area contributed by atoms with Gasteiger partial charge in [0, 0.05) is 55.3 Å². The minimum absolute atomic E-state index is 0.0835. The minimum Gasteiger partial charge on any atom is -0.481 e. The number of fused-ring (bicyclic) bond motifs is 1. The number of carboxylic acids is 1. The number of ether oxygens (including phenoxy) is 3. The van der Waals surface area contributed by atoms with Crippen molar-refractivity contribution in [3.05, 3.63) is 81.1 Å². The summed E-state index contributed by atoms with van der Waals surface area (Å²) in [4.78, 5) is 39.1. The molecule has 0 radical (unpaired) electrons. The second-order valence-corrected chi connectivity index (χ2v) is 14.1. The van der Waals surface area contributed by atoms with E-state index in [9.17, 15) is 14.7 Å². The van der Waals surface area contributed by atoms with E-state index in [-0.39, 0.29) is 29.9 Å². The van der Waals surface area contributed by atoms with Gasteiger partial charge in [0.15, 0.2) is 0 Å². The van der Waals surface area contributed by atoms with Gasteiger partial charge in [-0.3, -0.25) is 19.5 Å². The van der Waals surface area contributed by atoms with Gasteiger partial charge in [-0.25, -0.2) is 4.98 Å². The van der Waals surface area contributed by atoms with Crippen LogP contribution in [0.5, 0.6) is 17.6 Å². The van der Waals surface area contributed by atoms with Crippen LogP contribution in [0.2, 0.25) is 10.0 Å². The first-order chi connectivity index (χ1) is 25.2. The Kier molecular flexibility index (Phi) is 10.8. The first-order valence-electron chi connectivity index (χ1n) is 17.4. The van der Waals surface area contributed by atoms with Crippen molar-refractivity contribution < 1.29 is 28.9 Å². The first kappa shape index (κ1) is 35.9. The maximum Gasteiger partial charge on any atom is 0.307 e. The average molecular weight is 748 g/mol. The van der Waals surface area contributed by atoms with Gasteiger partial charge in [0.1, 0.15) is 16.8 Å². The molecule has 3 N–H and O–H groups in total. The Bertz CT molecular complexity index is 2000. The van der Waals surface area contributed by atoms with E-state index in [1.165, 1.54) is 0 Å². The summed E-state index contributed by atoms with van der Waals surface area (Å²) in [5.74, 6) is 0.0206. The van der Waals surface area contributed by atoms with E-state index in [0.29, 0.717) is 78.8 Å². The third-order valence-electron chi connectivity index (χ3n) is 10.00. The SMILES string of the molecule is COc1nc(O[C@H]2CCc3c(-c4cccc(-c5cnc(CNC[C@@H]6CCC(=O)N6)c(OC)n5)c4Cl)cccc32)c(Cl)cc1CN1CC[C@@H](C(=O)O)C1. The fraction of sp³-hybridized carbons (Fsp3) is 0.395. The Morgan fingerprint density at radius 3 is 2.54 bits per heavy atom. The van der Waals surface area contributed by atoms with Crippen LogP contribution < -0.4 is 24.8 Å². The molecule has 1 aliphatic carbocycles. The predicted molar refractivity (Wildman–Crippen MR) is 196 cm³/mol. The Hall–Kier alpha value is -4.49. The van der Waals surface area contributed by atoms with E-state index >= 15 is 0 Å². The highest BCUT2D eigenvalue weighted by Gasteiger charge is 2.31. The third kappa shape index (κ3) is 7.52. The van der Waals surface area contributed by atoms with Crippen LogP contribution in [-0.4, -0.2) is 76.7 Å². The van der Waals surface area contributed by atoms with Gasteiger partial charge >= 0.3 is 5.97 Å². The number of carbonyl (C=O) groups is 2. The van der Waals surface area contributed by atoms with Crippen molar-refractivity contribution in [2.24, 2.45) is 5.92 Å². The van der Waals surface area contributed by atoms with Crippen molar-refractivity contribution in [1.82, 2.24) is 30.5 Å². The van der Waals surface area contributed by atoms with Crippen LogP contribution >= 0.6 is 23.2 Å². The van der Waals surface area contributed by atoms with Crippen molar-refractivity contribution in [3.8, 4) is 40.0 Å². The molecule has 7 rings (SSSR count). The molecule has 4 aromatic rings. The molecule has 12 nitrogen and oxygen atoms in total. The summed E-state index contributed by atoms with van der Waals surface area (Å²) < 4.78 is 17.7. The number of carbonyl (C=O) groups excluding carboxylic acids is 1. The molecule has 2 aromatic carbocycles. The minimum atomic E-state index is -0.775. The summed E-state index contributed by atoms with van der Waals surface area (Å²) >= 11 is 13.9. The summed E-state index contributed by atoms with van der Waals surface area (Å²) in [6.07, 6.45) is 4.89. The monoisotopic (exact) mass is 746 g/mol. The number of rotatable bonds is 13. The largest absolute Gasteiger partial charge is 0.481 e. The summed E-state index contributed by atoms with van der Waals surface area (Å²) in [5.41, 5.74) is 6.81. The molecule has 3 aliphatic rings. The van der Waals surface area contributed by atoms with Gasteiger partial charge in [0.2, 0.25) is 23.5 Å². The predicted octanol–water partition coefficient (Wildman–Crippen LogP) is 5.87. The van der Waals surface area contributed by atoms with Gasteiger partial charge in [-0.2, -0.15) is 4.98 Å². The lowest BCUT2D eigenvalue weighted by Crippen LogP contribution is -2.35. The van der Waals surface area contributed by atoms with Crippen LogP contribution in [-0.2, 0) is 29.1 Å². The molecular formula is C38H40Cl2N6O6. The van der Waals surface area contributed by atoms with Crippen LogP contribution in [0.4, 0.5) is 0 Å². The van der Waals surface area contributed by atoms with Gasteiger partial charge in [-0.15, -0.1) is 0 Å². The maximum absolute atomic E-state index is 11.5. The molecule has 14 heteroatoms. The molecule has 272 valence electrons. The third-order valence-corrected chi connectivity index (χ3v) is 10.7. The molecule has 0 saturated carbocycles. The average Bonchev–Trinajstić information content (AvgIpc) is 3.90. The van der Waals surface area contributed by atoms with Crippen molar-refractivity contribution in [2.45, 2.75) is 57.3 Å². The zero-order valence-electron chi connectivity index (χ0n) is 29.0.